The van der Waals surface area contributed by atoms with Crippen LogP contribution in [0, 0.1) is 0 Å². The molecule has 0 radical (unpaired) electrons. The summed E-state index contributed by atoms with van der Waals surface area (Å²) in [6.45, 7) is 0. The number of hydrogen-bond donors (Lipinski definition) is 0. The minimum Gasteiger partial charge on any atom is -0.274 e. The largest absolute Gasteiger partial charge is 0.274 e. The van der Waals surface area contributed by atoms with Crippen LogP contribution in [0.25, 0.3) is 0 Å². The van der Waals surface area contributed by atoms with Gasteiger partial charge in [-0.25, -0.2) is 9.66 Å². The molecule has 1 amide bonds. The van der Waals surface area contributed by atoms with E-state index in [0.717, 1.165) is 5.17 Å². The molecule has 1 aromatic rings. The van der Waals surface area contributed by atoms with Gasteiger partial charge in [0.15, 0.2) is 0 Å². The van der Waals surface area contributed by atoms with E-state index in [1.54, 1.807) is 12.4 Å². The fraction of sp³-hybridized carbons (Fsp3) is 0.200. The van der Waals surface area contributed by atoms with Crippen molar-refractivity contribution in [2.75, 3.05) is 12.3 Å². The Hall–Kier alpha value is -1.36. The topological polar surface area (TPSA) is 47.4 Å². The summed E-state index contributed by atoms with van der Waals surface area (Å²) in [4.78, 5) is 18.5. The lowest BCUT2D eigenvalue weighted by Crippen LogP contribution is -2.30. The van der Waals surface area contributed by atoms with Crippen LogP contribution in [0.5, 0.6) is 0 Å². The van der Waals surface area contributed by atoms with Crippen molar-refractivity contribution in [3.8, 4) is 0 Å². The van der Waals surface area contributed by atoms with Gasteiger partial charge in [0.1, 0.15) is 6.33 Å². The zero-order valence-corrected chi connectivity index (χ0v) is 5.47. The molecule has 0 unspecified atom stereocenters. The van der Waals surface area contributed by atoms with Crippen LogP contribution >= 0.6 is 0 Å². The van der Waals surface area contributed by atoms with Gasteiger partial charge in [-0.2, -0.15) is 0 Å². The van der Waals surface area contributed by atoms with Crippen LogP contribution in [0.3, 0.4) is 0 Å². The van der Waals surface area contributed by atoms with E-state index in [2.05, 4.69) is 9.82 Å². The second-order valence-electron chi connectivity index (χ2n) is 1.53. The molecule has 1 aromatic heterocycles. The number of carbonyl (C=O) groups is 1. The molecule has 5 heteroatoms. The summed E-state index contributed by atoms with van der Waals surface area (Å²) in [6, 6.07) is 0. The first-order valence-corrected chi connectivity index (χ1v) is 2.65. The Morgan fingerprint density at radius 2 is 2.60 bits per heavy atom. The number of imidazole rings is 1. The van der Waals surface area contributed by atoms with Gasteiger partial charge in [-0.3, -0.25) is 9.63 Å². The van der Waals surface area contributed by atoms with Crippen molar-refractivity contribution in [2.24, 2.45) is 0 Å². The highest BCUT2D eigenvalue weighted by molar-refractivity contribution is 5.57. The number of aromatic nitrogens is 2. The molecule has 1 heterocycles. The highest BCUT2D eigenvalue weighted by atomic mass is 16.7. The monoisotopic (exact) mass is 141 g/mol. The van der Waals surface area contributed by atoms with E-state index in [4.69, 9.17) is 0 Å². The van der Waals surface area contributed by atoms with Gasteiger partial charge >= 0.3 is 0 Å². The molecule has 0 saturated heterocycles. The van der Waals surface area contributed by atoms with Gasteiger partial charge < -0.3 is 0 Å². The molecule has 0 aliphatic rings. The lowest BCUT2D eigenvalue weighted by molar-refractivity contribution is -0.116. The molecule has 54 valence electrons. The zero-order chi connectivity index (χ0) is 7.40. The second-order valence-corrected chi connectivity index (χ2v) is 1.53. The maximum Gasteiger partial charge on any atom is 0.255 e. The van der Waals surface area contributed by atoms with E-state index < -0.39 is 0 Å². The fourth-order valence-corrected chi connectivity index (χ4v) is 0.560. The summed E-state index contributed by atoms with van der Waals surface area (Å²) in [6.07, 6.45) is 5.15. The van der Waals surface area contributed by atoms with Gasteiger partial charge in [0.05, 0.1) is 7.11 Å². The lowest BCUT2D eigenvalue weighted by atomic mass is 10.9. The van der Waals surface area contributed by atoms with Crippen molar-refractivity contribution >= 4 is 6.41 Å². The van der Waals surface area contributed by atoms with Crippen molar-refractivity contribution in [1.29, 1.82) is 0 Å². The number of amides is 1. The maximum atomic E-state index is 10.2. The Bertz CT molecular complexity index is 197. The van der Waals surface area contributed by atoms with Crippen LogP contribution in [-0.4, -0.2) is 23.2 Å². The molecule has 0 aliphatic carbocycles. The molecule has 0 fully saturated rings. The van der Waals surface area contributed by atoms with Crippen LogP contribution in [0.15, 0.2) is 18.7 Å². The second kappa shape index (κ2) is 2.98. The van der Waals surface area contributed by atoms with Crippen molar-refractivity contribution in [2.45, 2.75) is 0 Å². The van der Waals surface area contributed by atoms with Crippen LogP contribution in [0.1, 0.15) is 0 Å². The van der Waals surface area contributed by atoms with Crippen molar-refractivity contribution in [1.82, 2.24) is 9.66 Å². The van der Waals surface area contributed by atoms with Crippen molar-refractivity contribution in [3.63, 3.8) is 0 Å². The van der Waals surface area contributed by atoms with E-state index >= 15 is 0 Å². The van der Waals surface area contributed by atoms with Gasteiger partial charge in [-0.15, -0.1) is 5.17 Å². The van der Waals surface area contributed by atoms with Crippen LogP contribution in [0.2, 0.25) is 0 Å². The molecular formula is C5H7N3O2. The van der Waals surface area contributed by atoms with Gasteiger partial charge in [0.25, 0.3) is 6.41 Å². The molecule has 0 bridgehead atoms. The van der Waals surface area contributed by atoms with Crippen LogP contribution < -0.4 is 5.17 Å². The molecule has 0 aliphatic heterocycles. The Morgan fingerprint density at radius 1 is 1.80 bits per heavy atom. The summed E-state index contributed by atoms with van der Waals surface area (Å²) in [5.74, 6) is 0. The molecular weight excluding hydrogens is 134 g/mol. The van der Waals surface area contributed by atoms with Crippen molar-refractivity contribution < 1.29 is 9.63 Å². The van der Waals surface area contributed by atoms with Gasteiger partial charge in [0, 0.05) is 12.4 Å². The summed E-state index contributed by atoms with van der Waals surface area (Å²) < 4.78 is 1.41. The normalized spacial score (nSPS) is 9.30. The Morgan fingerprint density at radius 3 is 3.00 bits per heavy atom. The summed E-state index contributed by atoms with van der Waals surface area (Å²) in [7, 11) is 1.40. The number of nitrogens with zero attached hydrogens (tertiary/aromatic N) is 3. The minimum absolute atomic E-state index is 0.543. The predicted molar refractivity (Wildman–Crippen MR) is 33.5 cm³/mol. The zero-order valence-electron chi connectivity index (χ0n) is 5.47. The first-order valence-electron chi connectivity index (χ1n) is 2.65. The molecule has 1 rings (SSSR count). The van der Waals surface area contributed by atoms with Crippen LogP contribution in [-0.2, 0) is 9.63 Å². The third-order valence-electron chi connectivity index (χ3n) is 0.995. The first kappa shape index (κ1) is 6.76. The van der Waals surface area contributed by atoms with Gasteiger partial charge in [0.2, 0.25) is 0 Å². The van der Waals surface area contributed by atoms with Crippen molar-refractivity contribution in [3.05, 3.63) is 18.7 Å². The maximum absolute atomic E-state index is 10.2. The average molecular weight is 141 g/mol. The van der Waals surface area contributed by atoms with E-state index in [1.165, 1.54) is 18.1 Å². The third kappa shape index (κ3) is 1.14. The van der Waals surface area contributed by atoms with Crippen LogP contribution in [0.4, 0.5) is 0 Å². The number of hydroxylamine groups is 1. The Labute approximate surface area is 57.8 Å². The molecule has 0 saturated carbocycles. The molecule has 0 atom stereocenters. The van der Waals surface area contributed by atoms with Gasteiger partial charge in [-0.05, 0) is 0 Å². The molecule has 0 N–H and O–H groups in total. The highest BCUT2D eigenvalue weighted by Crippen LogP contribution is 1.86. The minimum atomic E-state index is 0.543. The quantitative estimate of drug-likeness (QED) is 0.422. The smallest absolute Gasteiger partial charge is 0.255 e. The Kier molecular flexibility index (Phi) is 2.01. The van der Waals surface area contributed by atoms with E-state index in [0.29, 0.717) is 6.41 Å². The molecule has 0 aromatic carbocycles. The lowest BCUT2D eigenvalue weighted by Gasteiger charge is -2.12. The van der Waals surface area contributed by atoms with E-state index in [9.17, 15) is 4.79 Å². The third-order valence-corrected chi connectivity index (χ3v) is 0.995. The standard InChI is InChI=1S/C5H7N3O2/c1-10-8(5-9)7-3-2-6-4-7/h2-5H,1H3. The molecule has 5 nitrogen and oxygen atoms in total. The summed E-state index contributed by atoms with van der Waals surface area (Å²) in [5, 5.41) is 1.01. The molecule has 10 heavy (non-hydrogen) atoms. The van der Waals surface area contributed by atoms with E-state index in [-0.39, 0.29) is 0 Å². The Balaban J connectivity index is 2.73. The van der Waals surface area contributed by atoms with Gasteiger partial charge in [-0.1, -0.05) is 0 Å². The SMILES string of the molecule is CON(C=O)n1ccnc1. The fourth-order valence-electron chi connectivity index (χ4n) is 0.560. The average Bonchev–Trinajstić information content (AvgIpc) is 2.43. The number of rotatable bonds is 3. The highest BCUT2D eigenvalue weighted by Gasteiger charge is 1.97. The molecule has 0 spiro atoms. The predicted octanol–water partition coefficient (Wildman–Crippen LogP) is -0.461. The number of hydrogen-bond acceptors (Lipinski definition) is 3. The number of carbonyl (C=O) groups excluding carboxylic acids is 1. The van der Waals surface area contributed by atoms with E-state index in [1.807, 2.05) is 0 Å². The summed E-state index contributed by atoms with van der Waals surface area (Å²) in [5.41, 5.74) is 0. The first-order chi connectivity index (χ1) is 4.88. The summed E-state index contributed by atoms with van der Waals surface area (Å²) >= 11 is 0.